The van der Waals surface area contributed by atoms with Crippen LogP contribution in [0, 0.1) is 0 Å². The van der Waals surface area contributed by atoms with Gasteiger partial charge in [0.25, 0.3) is 0 Å². The molecule has 4 nitrogen and oxygen atoms in total. The predicted octanol–water partition coefficient (Wildman–Crippen LogP) is 8.04. The molecule has 2 aliphatic rings. The number of anilines is 2. The molecule has 4 aromatic rings. The topological polar surface area (TPSA) is 41.0 Å². The van der Waals surface area contributed by atoms with Crippen LogP contribution < -0.4 is 5.32 Å². The highest BCUT2D eigenvalue weighted by Crippen LogP contribution is 2.42. The maximum atomic E-state index is 6.15. The Balaban J connectivity index is 1.15. The molecule has 3 aromatic carbocycles. The minimum Gasteiger partial charge on any atom is -0.324 e. The number of benzene rings is 3. The van der Waals surface area contributed by atoms with E-state index in [-0.39, 0.29) is 5.92 Å². The van der Waals surface area contributed by atoms with Gasteiger partial charge < -0.3 is 10.2 Å². The first kappa shape index (κ1) is 25.1. The lowest BCUT2D eigenvalue weighted by molar-refractivity contribution is 0.194. The molecule has 1 fully saturated rings. The average Bonchev–Trinajstić information content (AvgIpc) is 2.97. The van der Waals surface area contributed by atoms with E-state index in [1.54, 1.807) is 0 Å². The molecule has 0 saturated heterocycles. The standard InChI is InChI=1S/C33H35ClN4/c1-38(28-7-3-2-4-8-28)20-19-23-11-17-27(18-12-23)36-33-35-22-25-21-31(24-13-15-26(34)16-14-24)29-9-5-6-10-30(29)32(25)37-33/h5-6,9-18,22,28,31H,2-4,7-8,19-21H2,1H3,(H,35,36,37). The molecule has 194 valence electrons. The van der Waals surface area contributed by atoms with Gasteiger partial charge in [0.1, 0.15) is 0 Å². The third kappa shape index (κ3) is 5.48. The molecule has 1 N–H and O–H groups in total. The third-order valence-electron chi connectivity index (χ3n) is 8.31. The lowest BCUT2D eigenvalue weighted by atomic mass is 9.78. The fraction of sp³-hybridized carbons (Fsp3) is 0.333. The second-order valence-corrected chi connectivity index (χ2v) is 11.2. The fourth-order valence-electron chi connectivity index (χ4n) is 6.08. The van der Waals surface area contributed by atoms with Crippen LogP contribution >= 0.6 is 11.6 Å². The summed E-state index contributed by atoms with van der Waals surface area (Å²) in [5.74, 6) is 0.899. The Morgan fingerprint density at radius 1 is 0.921 bits per heavy atom. The lowest BCUT2D eigenvalue weighted by Gasteiger charge is -2.31. The minimum atomic E-state index is 0.267. The SMILES string of the molecule is CN(CCc1ccc(Nc2ncc3c(n2)-c2ccccc2C(c2ccc(Cl)cc2)C3)cc1)C1CCCCC1. The molecule has 0 bridgehead atoms. The van der Waals surface area contributed by atoms with Crippen LogP contribution in [0.3, 0.4) is 0 Å². The Bertz CT molecular complexity index is 1380. The number of halogens is 1. The largest absolute Gasteiger partial charge is 0.324 e. The first-order valence-electron chi connectivity index (χ1n) is 13.9. The van der Waals surface area contributed by atoms with E-state index in [4.69, 9.17) is 16.6 Å². The van der Waals surface area contributed by atoms with E-state index in [2.05, 4.69) is 82.9 Å². The van der Waals surface area contributed by atoms with Crippen molar-refractivity contribution in [2.24, 2.45) is 0 Å². The highest BCUT2D eigenvalue weighted by molar-refractivity contribution is 6.30. The zero-order valence-corrected chi connectivity index (χ0v) is 22.8. The smallest absolute Gasteiger partial charge is 0.227 e. The van der Waals surface area contributed by atoms with Gasteiger partial charge in [-0.15, -0.1) is 0 Å². The number of nitrogens with one attached hydrogen (secondary N) is 1. The van der Waals surface area contributed by atoms with E-state index in [0.29, 0.717) is 5.95 Å². The maximum Gasteiger partial charge on any atom is 0.227 e. The molecule has 1 aromatic heterocycles. The summed E-state index contributed by atoms with van der Waals surface area (Å²) in [7, 11) is 2.29. The molecule has 0 aliphatic heterocycles. The third-order valence-corrected chi connectivity index (χ3v) is 8.57. The molecule has 2 aliphatic carbocycles. The number of nitrogens with zero attached hydrogens (tertiary/aromatic N) is 3. The van der Waals surface area contributed by atoms with Crippen LogP contribution in [-0.4, -0.2) is 34.5 Å². The number of aromatic nitrogens is 2. The van der Waals surface area contributed by atoms with Gasteiger partial charge in [0.05, 0.1) is 5.69 Å². The molecule has 0 amide bonds. The molecule has 1 unspecified atom stereocenters. The molecule has 1 heterocycles. The summed E-state index contributed by atoms with van der Waals surface area (Å²) in [6.45, 7) is 1.11. The Kier molecular flexibility index (Phi) is 7.44. The van der Waals surface area contributed by atoms with Crippen LogP contribution in [0.5, 0.6) is 0 Å². The van der Waals surface area contributed by atoms with Crippen LogP contribution in [0.1, 0.15) is 60.3 Å². The zero-order chi connectivity index (χ0) is 25.9. The number of hydrogen-bond donors (Lipinski definition) is 1. The summed E-state index contributed by atoms with van der Waals surface area (Å²) >= 11 is 6.15. The number of likely N-dealkylation sites (N-methyl/N-ethyl adjacent to an activating group) is 1. The summed E-state index contributed by atoms with van der Waals surface area (Å²) in [4.78, 5) is 12.2. The van der Waals surface area contributed by atoms with Gasteiger partial charge in [-0.2, -0.15) is 0 Å². The van der Waals surface area contributed by atoms with Crippen molar-refractivity contribution < 1.29 is 0 Å². The van der Waals surface area contributed by atoms with E-state index >= 15 is 0 Å². The molecular formula is C33H35ClN4. The van der Waals surface area contributed by atoms with Crippen molar-refractivity contribution in [3.63, 3.8) is 0 Å². The number of hydrogen-bond acceptors (Lipinski definition) is 4. The highest BCUT2D eigenvalue weighted by Gasteiger charge is 2.27. The van der Waals surface area contributed by atoms with E-state index in [1.165, 1.54) is 59.9 Å². The second kappa shape index (κ2) is 11.3. The van der Waals surface area contributed by atoms with E-state index in [0.717, 1.165) is 41.8 Å². The first-order chi connectivity index (χ1) is 18.6. The van der Waals surface area contributed by atoms with Gasteiger partial charge in [0.15, 0.2) is 0 Å². The molecule has 6 rings (SSSR count). The van der Waals surface area contributed by atoms with Gasteiger partial charge in [-0.1, -0.05) is 79.4 Å². The fourth-order valence-corrected chi connectivity index (χ4v) is 6.21. The van der Waals surface area contributed by atoms with Crippen molar-refractivity contribution >= 4 is 23.2 Å². The summed E-state index contributed by atoms with van der Waals surface area (Å²) in [6, 6.07) is 26.3. The van der Waals surface area contributed by atoms with Crippen molar-refractivity contribution in [3.05, 3.63) is 106 Å². The number of rotatable bonds is 7. The zero-order valence-electron chi connectivity index (χ0n) is 22.0. The minimum absolute atomic E-state index is 0.267. The molecule has 1 atom stereocenters. The van der Waals surface area contributed by atoms with Gasteiger partial charge in [0.2, 0.25) is 5.95 Å². The molecular weight excluding hydrogens is 488 g/mol. The average molecular weight is 523 g/mol. The van der Waals surface area contributed by atoms with Crippen molar-refractivity contribution in [1.29, 1.82) is 0 Å². The second-order valence-electron chi connectivity index (χ2n) is 10.8. The highest BCUT2D eigenvalue weighted by atomic mass is 35.5. The van der Waals surface area contributed by atoms with Crippen molar-refractivity contribution in [2.45, 2.75) is 56.9 Å². The van der Waals surface area contributed by atoms with Crippen LogP contribution in [0.15, 0.2) is 79.0 Å². The van der Waals surface area contributed by atoms with Crippen LogP contribution in [0.25, 0.3) is 11.3 Å². The predicted molar refractivity (Wildman–Crippen MR) is 157 cm³/mol. The molecule has 38 heavy (non-hydrogen) atoms. The van der Waals surface area contributed by atoms with Gasteiger partial charge in [0, 0.05) is 41.0 Å². The van der Waals surface area contributed by atoms with E-state index in [9.17, 15) is 0 Å². The number of fused-ring (bicyclic) bond motifs is 3. The molecule has 0 spiro atoms. The van der Waals surface area contributed by atoms with E-state index in [1.807, 2.05) is 18.3 Å². The summed E-state index contributed by atoms with van der Waals surface area (Å²) < 4.78 is 0. The van der Waals surface area contributed by atoms with Crippen molar-refractivity contribution in [2.75, 3.05) is 18.9 Å². The van der Waals surface area contributed by atoms with Crippen LogP contribution in [0.4, 0.5) is 11.6 Å². The van der Waals surface area contributed by atoms with Gasteiger partial charge in [-0.05, 0) is 79.3 Å². The molecule has 1 saturated carbocycles. The van der Waals surface area contributed by atoms with Crippen molar-refractivity contribution in [1.82, 2.24) is 14.9 Å². The van der Waals surface area contributed by atoms with Gasteiger partial charge in [-0.3, -0.25) is 0 Å². The van der Waals surface area contributed by atoms with Gasteiger partial charge >= 0.3 is 0 Å². The summed E-state index contributed by atoms with van der Waals surface area (Å²) in [5, 5.41) is 4.19. The monoisotopic (exact) mass is 522 g/mol. The Hall–Kier alpha value is -3.21. The van der Waals surface area contributed by atoms with E-state index < -0.39 is 0 Å². The first-order valence-corrected chi connectivity index (χ1v) is 14.3. The Morgan fingerprint density at radius 2 is 1.68 bits per heavy atom. The summed E-state index contributed by atoms with van der Waals surface area (Å²) in [5.41, 5.74) is 8.31. The summed E-state index contributed by atoms with van der Waals surface area (Å²) in [6.07, 6.45) is 10.8. The van der Waals surface area contributed by atoms with Crippen molar-refractivity contribution in [3.8, 4) is 11.3 Å². The molecule has 0 radical (unpaired) electrons. The molecule has 5 heteroatoms. The lowest BCUT2D eigenvalue weighted by Crippen LogP contribution is -2.34. The normalized spacial score (nSPS) is 17.2. The Labute approximate surface area is 231 Å². The quantitative estimate of drug-likeness (QED) is 0.266. The maximum absolute atomic E-state index is 6.15. The van der Waals surface area contributed by atoms with Gasteiger partial charge in [-0.25, -0.2) is 9.97 Å². The van der Waals surface area contributed by atoms with Crippen LogP contribution in [-0.2, 0) is 12.8 Å². The van der Waals surface area contributed by atoms with Crippen LogP contribution in [0.2, 0.25) is 5.02 Å². The Morgan fingerprint density at radius 3 is 2.47 bits per heavy atom.